The second kappa shape index (κ2) is 7.00. The number of aryl methyl sites for hydroxylation is 1. The summed E-state index contributed by atoms with van der Waals surface area (Å²) in [4.78, 5) is 41.8. The van der Waals surface area contributed by atoms with Crippen molar-refractivity contribution >= 4 is 29.5 Å². The van der Waals surface area contributed by atoms with E-state index in [1.807, 2.05) is 0 Å². The Hall–Kier alpha value is -2.15. The van der Waals surface area contributed by atoms with Gasteiger partial charge >= 0.3 is 17.9 Å². The molecule has 1 aromatic rings. The largest absolute Gasteiger partial charge is 0.469 e. The normalized spacial score (nSPS) is 24.9. The highest BCUT2D eigenvalue weighted by atomic mass is 35.5. The van der Waals surface area contributed by atoms with Crippen molar-refractivity contribution in [3.63, 3.8) is 0 Å². The number of hydrogen-bond acceptors (Lipinski definition) is 7. The zero-order chi connectivity index (χ0) is 18.9. The van der Waals surface area contributed by atoms with Gasteiger partial charge < -0.3 is 14.2 Å². The van der Waals surface area contributed by atoms with Gasteiger partial charge in [0, 0.05) is 0 Å². The van der Waals surface area contributed by atoms with Crippen molar-refractivity contribution in [2.24, 2.45) is 11.8 Å². The van der Waals surface area contributed by atoms with E-state index in [4.69, 9.17) is 25.8 Å². The SMILES string of the molecule is COC(=O)[C@H]1Cc2cc(C)c(Cl)nc2[C@](C)(C(=O)OC)[C@H]1C(=O)OC. The number of nitrogens with zero attached hydrogens (tertiary/aromatic N) is 1. The van der Waals surface area contributed by atoms with Crippen molar-refractivity contribution in [1.29, 1.82) is 0 Å². The Morgan fingerprint density at radius 2 is 1.76 bits per heavy atom. The van der Waals surface area contributed by atoms with Gasteiger partial charge in [0.05, 0.1) is 38.9 Å². The van der Waals surface area contributed by atoms with E-state index < -0.39 is 35.2 Å². The van der Waals surface area contributed by atoms with Gasteiger partial charge in [-0.15, -0.1) is 0 Å². The van der Waals surface area contributed by atoms with Gasteiger partial charge in [-0.3, -0.25) is 14.4 Å². The standard InChI is InChI=1S/C17H20ClNO6/c1-8-6-9-7-10(14(20)23-3)11(15(21)24-4)17(2,16(22)25-5)12(9)19-13(8)18/h6,10-11H,7H2,1-5H3/t10-,11+,17+/m0/s1. The minimum Gasteiger partial charge on any atom is -0.469 e. The molecule has 2 rings (SSSR count). The second-order valence-electron chi connectivity index (χ2n) is 6.13. The third-order valence-electron chi connectivity index (χ3n) is 4.75. The number of fused-ring (bicyclic) bond motifs is 1. The molecule has 1 aliphatic carbocycles. The number of esters is 3. The monoisotopic (exact) mass is 369 g/mol. The lowest BCUT2D eigenvalue weighted by Gasteiger charge is -2.41. The Balaban J connectivity index is 2.80. The molecule has 136 valence electrons. The van der Waals surface area contributed by atoms with Crippen LogP contribution in [0.1, 0.15) is 23.7 Å². The smallest absolute Gasteiger partial charge is 0.318 e. The molecular formula is C17H20ClNO6. The van der Waals surface area contributed by atoms with Crippen LogP contribution in [0.3, 0.4) is 0 Å². The Morgan fingerprint density at radius 3 is 2.28 bits per heavy atom. The maximum absolute atomic E-state index is 12.7. The van der Waals surface area contributed by atoms with Crippen molar-refractivity contribution in [3.8, 4) is 0 Å². The van der Waals surface area contributed by atoms with Gasteiger partial charge in [-0.1, -0.05) is 17.7 Å². The van der Waals surface area contributed by atoms with Crippen LogP contribution < -0.4 is 0 Å². The minimum atomic E-state index is -1.54. The molecule has 8 heteroatoms. The van der Waals surface area contributed by atoms with Gasteiger partial charge in [-0.05, 0) is 31.4 Å². The molecule has 0 spiro atoms. The maximum atomic E-state index is 12.7. The predicted octanol–water partition coefficient (Wildman–Crippen LogP) is 1.61. The summed E-state index contributed by atoms with van der Waals surface area (Å²) in [5.74, 6) is -4.08. The second-order valence-corrected chi connectivity index (χ2v) is 6.49. The fraction of sp³-hybridized carbons (Fsp3) is 0.529. The molecule has 0 aliphatic heterocycles. The highest BCUT2D eigenvalue weighted by Gasteiger charge is 2.58. The molecule has 0 saturated heterocycles. The number of hydrogen-bond donors (Lipinski definition) is 0. The zero-order valence-corrected chi connectivity index (χ0v) is 15.5. The molecule has 0 radical (unpaired) electrons. The topological polar surface area (TPSA) is 91.8 Å². The highest BCUT2D eigenvalue weighted by Crippen LogP contribution is 2.46. The summed E-state index contributed by atoms with van der Waals surface area (Å²) in [6.07, 6.45) is 0.180. The summed E-state index contributed by atoms with van der Waals surface area (Å²) in [5, 5.41) is 0.217. The number of halogens is 1. The van der Waals surface area contributed by atoms with E-state index in [0.29, 0.717) is 16.8 Å². The van der Waals surface area contributed by atoms with Crippen LogP contribution in [0.25, 0.3) is 0 Å². The number of carbonyl (C=O) groups excluding carboxylic acids is 3. The van der Waals surface area contributed by atoms with Gasteiger partial charge in [-0.25, -0.2) is 4.98 Å². The number of pyridine rings is 1. The fourth-order valence-electron chi connectivity index (χ4n) is 3.49. The number of methoxy groups -OCH3 is 3. The van der Waals surface area contributed by atoms with Gasteiger partial charge in [-0.2, -0.15) is 0 Å². The predicted molar refractivity (Wildman–Crippen MR) is 88.1 cm³/mol. The van der Waals surface area contributed by atoms with Crippen molar-refractivity contribution in [3.05, 3.63) is 28.0 Å². The maximum Gasteiger partial charge on any atom is 0.318 e. The molecule has 0 amide bonds. The summed E-state index contributed by atoms with van der Waals surface area (Å²) in [5.41, 5.74) is 0.120. The van der Waals surface area contributed by atoms with Gasteiger partial charge in [0.15, 0.2) is 0 Å². The number of carbonyl (C=O) groups is 3. The summed E-state index contributed by atoms with van der Waals surface area (Å²) in [6.45, 7) is 3.28. The average molecular weight is 370 g/mol. The molecule has 3 atom stereocenters. The Morgan fingerprint density at radius 1 is 1.16 bits per heavy atom. The lowest BCUT2D eigenvalue weighted by Crippen LogP contribution is -2.54. The van der Waals surface area contributed by atoms with Crippen LogP contribution in [0.15, 0.2) is 6.07 Å². The Kier molecular flexibility index (Phi) is 5.37. The molecule has 25 heavy (non-hydrogen) atoms. The summed E-state index contributed by atoms with van der Waals surface area (Å²) in [6, 6.07) is 1.76. The van der Waals surface area contributed by atoms with Crippen molar-refractivity contribution in [2.75, 3.05) is 21.3 Å². The molecule has 1 aromatic heterocycles. The van der Waals surface area contributed by atoms with Crippen molar-refractivity contribution < 1.29 is 28.6 Å². The van der Waals surface area contributed by atoms with Crippen LogP contribution in [0.2, 0.25) is 5.15 Å². The third-order valence-corrected chi connectivity index (χ3v) is 5.14. The van der Waals surface area contributed by atoms with E-state index in [0.717, 1.165) is 0 Å². The fourth-order valence-corrected chi connectivity index (χ4v) is 3.63. The van der Waals surface area contributed by atoms with Gasteiger partial charge in [0.1, 0.15) is 10.6 Å². The minimum absolute atomic E-state index is 0.180. The van der Waals surface area contributed by atoms with Crippen molar-refractivity contribution in [1.82, 2.24) is 4.98 Å². The van der Waals surface area contributed by atoms with Crippen LogP contribution in [-0.4, -0.2) is 44.2 Å². The van der Waals surface area contributed by atoms with E-state index in [1.165, 1.54) is 28.3 Å². The quantitative estimate of drug-likeness (QED) is 0.454. The number of rotatable bonds is 3. The molecule has 0 aromatic carbocycles. The summed E-state index contributed by atoms with van der Waals surface area (Å²) >= 11 is 6.14. The molecule has 1 aliphatic rings. The lowest BCUT2D eigenvalue weighted by atomic mass is 9.61. The third kappa shape index (κ3) is 2.97. The first-order valence-electron chi connectivity index (χ1n) is 7.62. The summed E-state index contributed by atoms with van der Waals surface area (Å²) in [7, 11) is 3.63. The van der Waals surface area contributed by atoms with Crippen LogP contribution in [-0.2, 0) is 40.4 Å². The number of ether oxygens (including phenoxy) is 3. The van der Waals surface area contributed by atoms with Crippen LogP contribution in [0.4, 0.5) is 0 Å². The van der Waals surface area contributed by atoms with E-state index in [1.54, 1.807) is 13.0 Å². The first-order chi connectivity index (χ1) is 11.7. The molecule has 0 N–H and O–H groups in total. The molecule has 0 unspecified atom stereocenters. The molecule has 0 saturated carbocycles. The average Bonchev–Trinajstić information content (AvgIpc) is 2.61. The van der Waals surface area contributed by atoms with Crippen LogP contribution in [0.5, 0.6) is 0 Å². The van der Waals surface area contributed by atoms with E-state index in [-0.39, 0.29) is 11.6 Å². The van der Waals surface area contributed by atoms with E-state index in [9.17, 15) is 14.4 Å². The Bertz CT molecular complexity index is 734. The first kappa shape index (κ1) is 19.2. The number of aromatic nitrogens is 1. The van der Waals surface area contributed by atoms with Crippen LogP contribution in [0, 0.1) is 18.8 Å². The molecule has 0 bridgehead atoms. The van der Waals surface area contributed by atoms with Crippen molar-refractivity contribution in [2.45, 2.75) is 25.7 Å². The van der Waals surface area contributed by atoms with Gasteiger partial charge in [0.25, 0.3) is 0 Å². The zero-order valence-electron chi connectivity index (χ0n) is 14.7. The molecule has 0 fully saturated rings. The van der Waals surface area contributed by atoms with E-state index >= 15 is 0 Å². The van der Waals surface area contributed by atoms with E-state index in [2.05, 4.69) is 4.98 Å². The lowest BCUT2D eigenvalue weighted by molar-refractivity contribution is -0.168. The van der Waals surface area contributed by atoms with Crippen LogP contribution >= 0.6 is 11.6 Å². The molecule has 1 heterocycles. The highest BCUT2D eigenvalue weighted by molar-refractivity contribution is 6.30. The van der Waals surface area contributed by atoms with Gasteiger partial charge in [0.2, 0.25) is 0 Å². The first-order valence-corrected chi connectivity index (χ1v) is 8.00. The summed E-state index contributed by atoms with van der Waals surface area (Å²) < 4.78 is 14.6. The molecular weight excluding hydrogens is 350 g/mol. The molecule has 7 nitrogen and oxygen atoms in total. The Labute approximate surface area is 150 Å².